The van der Waals surface area contributed by atoms with Crippen molar-refractivity contribution in [3.8, 4) is 5.75 Å². The number of anilines is 1. The summed E-state index contributed by atoms with van der Waals surface area (Å²) in [6.07, 6.45) is 2.11. The molecule has 1 aliphatic heterocycles. The lowest BCUT2D eigenvalue weighted by Gasteiger charge is -2.31. The van der Waals surface area contributed by atoms with Crippen LogP contribution in [0.2, 0.25) is 5.02 Å². The molecule has 17 heavy (non-hydrogen) atoms. The van der Waals surface area contributed by atoms with Crippen LogP contribution in [-0.2, 0) is 10.0 Å². The second kappa shape index (κ2) is 3.51. The molecule has 1 heterocycles. The Bertz CT molecular complexity index is 583. The highest BCUT2D eigenvalue weighted by molar-refractivity contribution is 7.89. The Balaban J connectivity index is 2.20. The predicted molar refractivity (Wildman–Crippen MR) is 63.8 cm³/mol. The molecule has 1 aromatic rings. The number of phenols is 1. The van der Waals surface area contributed by atoms with Crippen molar-refractivity contribution >= 4 is 27.3 Å². The number of hydrogen-bond donors (Lipinski definition) is 2. The molecular formula is C10H11ClN2O3S. The van der Waals surface area contributed by atoms with Crippen molar-refractivity contribution < 1.29 is 13.5 Å². The average molecular weight is 275 g/mol. The van der Waals surface area contributed by atoms with Crippen LogP contribution in [0.4, 0.5) is 5.69 Å². The second-order valence-electron chi connectivity index (χ2n) is 4.28. The molecule has 0 spiro atoms. The average Bonchev–Trinajstić information content (AvgIpc) is 3.05. The van der Waals surface area contributed by atoms with Crippen molar-refractivity contribution in [2.24, 2.45) is 0 Å². The number of phenolic OH excluding ortho intramolecular Hbond substituents is 1. The van der Waals surface area contributed by atoms with Crippen molar-refractivity contribution in [1.29, 1.82) is 0 Å². The van der Waals surface area contributed by atoms with Crippen LogP contribution in [0.25, 0.3) is 0 Å². The van der Waals surface area contributed by atoms with Crippen LogP contribution in [0.5, 0.6) is 5.75 Å². The summed E-state index contributed by atoms with van der Waals surface area (Å²) in [4.78, 5) is 2.07. The Morgan fingerprint density at radius 2 is 2.12 bits per heavy atom. The molecule has 0 radical (unpaired) electrons. The van der Waals surface area contributed by atoms with E-state index in [1.807, 2.05) is 4.90 Å². The lowest BCUT2D eigenvalue weighted by Crippen LogP contribution is -2.44. The summed E-state index contributed by atoms with van der Waals surface area (Å²) in [5.74, 6) is -0.214. The van der Waals surface area contributed by atoms with Gasteiger partial charge < -0.3 is 10.0 Å². The smallest absolute Gasteiger partial charge is 0.244 e. The van der Waals surface area contributed by atoms with Gasteiger partial charge in [0.25, 0.3) is 0 Å². The van der Waals surface area contributed by atoms with Gasteiger partial charge >= 0.3 is 0 Å². The number of fused-ring (bicyclic) bond motifs is 1. The molecule has 5 nitrogen and oxygen atoms in total. The molecule has 0 atom stereocenters. The van der Waals surface area contributed by atoms with Crippen LogP contribution in [0.1, 0.15) is 12.8 Å². The van der Waals surface area contributed by atoms with Gasteiger partial charge in [-0.3, -0.25) is 0 Å². The zero-order valence-corrected chi connectivity index (χ0v) is 10.4. The van der Waals surface area contributed by atoms with Crippen molar-refractivity contribution in [2.45, 2.75) is 23.8 Å². The first kappa shape index (κ1) is 11.1. The van der Waals surface area contributed by atoms with E-state index < -0.39 is 10.0 Å². The number of nitrogens with one attached hydrogen (secondary N) is 1. The highest BCUT2D eigenvalue weighted by atomic mass is 35.5. The summed E-state index contributed by atoms with van der Waals surface area (Å²) >= 11 is 5.84. The van der Waals surface area contributed by atoms with E-state index in [0.29, 0.717) is 11.7 Å². The summed E-state index contributed by atoms with van der Waals surface area (Å²) in [5, 5.41) is 9.68. The molecule has 0 amide bonds. The molecular weight excluding hydrogens is 264 g/mol. The first-order chi connectivity index (χ1) is 7.99. The van der Waals surface area contributed by atoms with Gasteiger partial charge in [0.15, 0.2) is 0 Å². The summed E-state index contributed by atoms with van der Waals surface area (Å²) in [5.41, 5.74) is 0.578. The van der Waals surface area contributed by atoms with Gasteiger partial charge in [0.2, 0.25) is 10.0 Å². The van der Waals surface area contributed by atoms with Gasteiger partial charge in [0.1, 0.15) is 10.6 Å². The molecule has 1 aliphatic carbocycles. The molecule has 7 heteroatoms. The SMILES string of the molecule is O=S1(=O)NCN(C2CC2)c2cc(Cl)c(O)cc21. The Hall–Kier alpha value is -0.980. The number of hydrogen-bond acceptors (Lipinski definition) is 4. The van der Waals surface area contributed by atoms with Crippen molar-refractivity contribution in [1.82, 2.24) is 4.72 Å². The molecule has 0 unspecified atom stereocenters. The van der Waals surface area contributed by atoms with E-state index in [0.717, 1.165) is 12.8 Å². The highest BCUT2D eigenvalue weighted by Crippen LogP contribution is 2.41. The zero-order valence-electron chi connectivity index (χ0n) is 8.85. The summed E-state index contributed by atoms with van der Waals surface area (Å²) < 4.78 is 26.1. The molecule has 2 N–H and O–H groups in total. The van der Waals surface area contributed by atoms with Gasteiger partial charge in [-0.15, -0.1) is 0 Å². The van der Waals surface area contributed by atoms with Gasteiger partial charge in [0.05, 0.1) is 17.4 Å². The number of benzene rings is 1. The van der Waals surface area contributed by atoms with Crippen molar-refractivity contribution in [2.75, 3.05) is 11.6 Å². The fourth-order valence-electron chi connectivity index (χ4n) is 2.00. The van der Waals surface area contributed by atoms with Crippen molar-refractivity contribution in [3.05, 3.63) is 17.2 Å². The van der Waals surface area contributed by atoms with Crippen LogP contribution in [-0.4, -0.2) is 26.2 Å². The Kier molecular flexibility index (Phi) is 2.30. The molecule has 0 bridgehead atoms. The number of aromatic hydroxyl groups is 1. The van der Waals surface area contributed by atoms with Gasteiger partial charge in [-0.25, -0.2) is 8.42 Å². The van der Waals surface area contributed by atoms with E-state index in [4.69, 9.17) is 11.6 Å². The normalized spacial score (nSPS) is 22.3. The van der Waals surface area contributed by atoms with Gasteiger partial charge in [-0.1, -0.05) is 11.6 Å². The summed E-state index contributed by atoms with van der Waals surface area (Å²) in [6.45, 7) is 0.265. The van der Waals surface area contributed by atoms with E-state index in [2.05, 4.69) is 4.72 Å². The minimum atomic E-state index is -3.53. The van der Waals surface area contributed by atoms with Gasteiger partial charge in [-0.2, -0.15) is 4.72 Å². The van der Waals surface area contributed by atoms with Gasteiger partial charge in [-0.05, 0) is 18.9 Å². The number of rotatable bonds is 1. The third-order valence-corrected chi connectivity index (χ3v) is 4.76. The molecule has 3 rings (SSSR count). The molecule has 0 saturated heterocycles. The molecule has 2 aliphatic rings. The molecule has 1 aromatic carbocycles. The number of nitrogens with zero attached hydrogens (tertiary/aromatic N) is 1. The minimum Gasteiger partial charge on any atom is -0.506 e. The lowest BCUT2D eigenvalue weighted by molar-refractivity contribution is 0.472. The van der Waals surface area contributed by atoms with Crippen LogP contribution in [0.3, 0.4) is 0 Å². The maximum Gasteiger partial charge on any atom is 0.244 e. The lowest BCUT2D eigenvalue weighted by atomic mass is 10.2. The van der Waals surface area contributed by atoms with Crippen LogP contribution >= 0.6 is 11.6 Å². The van der Waals surface area contributed by atoms with Crippen LogP contribution in [0, 0.1) is 0 Å². The zero-order chi connectivity index (χ0) is 12.2. The highest BCUT2D eigenvalue weighted by Gasteiger charge is 2.37. The fraction of sp³-hybridized carbons (Fsp3) is 0.400. The fourth-order valence-corrected chi connectivity index (χ4v) is 3.34. The largest absolute Gasteiger partial charge is 0.506 e. The molecule has 92 valence electrons. The topological polar surface area (TPSA) is 69.6 Å². The van der Waals surface area contributed by atoms with Crippen molar-refractivity contribution in [3.63, 3.8) is 0 Å². The van der Waals surface area contributed by atoms with Crippen LogP contribution < -0.4 is 9.62 Å². The van der Waals surface area contributed by atoms with Crippen LogP contribution in [0.15, 0.2) is 17.0 Å². The van der Waals surface area contributed by atoms with E-state index >= 15 is 0 Å². The first-order valence-electron chi connectivity index (χ1n) is 5.28. The van der Waals surface area contributed by atoms with E-state index in [9.17, 15) is 13.5 Å². The maximum absolute atomic E-state index is 11.8. The number of halogens is 1. The molecule has 1 saturated carbocycles. The molecule has 1 fully saturated rings. The Labute approximate surface area is 104 Å². The molecule has 0 aromatic heterocycles. The summed E-state index contributed by atoms with van der Waals surface area (Å²) in [6, 6.07) is 3.09. The van der Waals surface area contributed by atoms with E-state index in [1.54, 1.807) is 0 Å². The minimum absolute atomic E-state index is 0.0950. The third kappa shape index (κ3) is 1.76. The Morgan fingerprint density at radius 1 is 1.41 bits per heavy atom. The van der Waals surface area contributed by atoms with Gasteiger partial charge in [0, 0.05) is 12.1 Å². The third-order valence-electron chi connectivity index (χ3n) is 3.04. The predicted octanol–water partition coefficient (Wildman–Crippen LogP) is 1.26. The quantitative estimate of drug-likeness (QED) is 0.809. The first-order valence-corrected chi connectivity index (χ1v) is 7.14. The van der Waals surface area contributed by atoms with E-state index in [-0.39, 0.29) is 22.3 Å². The maximum atomic E-state index is 11.8. The Morgan fingerprint density at radius 3 is 2.76 bits per heavy atom. The van der Waals surface area contributed by atoms with E-state index in [1.165, 1.54) is 12.1 Å². The number of sulfonamides is 1. The monoisotopic (exact) mass is 274 g/mol. The second-order valence-corrected chi connectivity index (χ2v) is 6.42. The standard InChI is InChI=1S/C10H11ClN2O3S/c11-7-3-8-10(4-9(7)14)17(15,16)12-5-13(8)6-1-2-6/h3-4,6,12,14H,1-2,5H2. The summed E-state index contributed by atoms with van der Waals surface area (Å²) in [7, 11) is -3.53.